The van der Waals surface area contributed by atoms with Crippen LogP contribution in [0.3, 0.4) is 0 Å². The normalized spacial score (nSPS) is 29.0. The Kier molecular flexibility index (Phi) is 3.62. The first-order chi connectivity index (χ1) is 9.24. The molecule has 0 aromatic heterocycles. The van der Waals surface area contributed by atoms with E-state index in [1.165, 1.54) is 10.5 Å². The highest BCUT2D eigenvalue weighted by molar-refractivity contribution is 7.99. The smallest absolute Gasteiger partial charge is 0.227 e. The summed E-state index contributed by atoms with van der Waals surface area (Å²) in [5.74, 6) is 1.11. The molecule has 3 atom stereocenters. The average Bonchev–Trinajstić information content (AvgIpc) is 2.86. The summed E-state index contributed by atoms with van der Waals surface area (Å²) in [5.41, 5.74) is 7.05. The molecule has 3 nitrogen and oxygen atoms in total. The Hall–Kier alpha value is -1.26. The number of hydrogen-bond acceptors (Lipinski definition) is 3. The zero-order chi connectivity index (χ0) is 13.2. The molecule has 0 bridgehead atoms. The van der Waals surface area contributed by atoms with E-state index in [4.69, 9.17) is 5.73 Å². The van der Waals surface area contributed by atoms with Gasteiger partial charge in [-0.1, -0.05) is 30.4 Å². The van der Waals surface area contributed by atoms with Crippen LogP contribution in [0.4, 0.5) is 0 Å². The van der Waals surface area contributed by atoms with Crippen LogP contribution in [-0.4, -0.2) is 17.7 Å². The number of fused-ring (bicyclic) bond motifs is 1. The molecule has 1 aliphatic carbocycles. The molecule has 100 valence electrons. The Morgan fingerprint density at radius 3 is 2.95 bits per heavy atom. The van der Waals surface area contributed by atoms with Crippen molar-refractivity contribution in [2.45, 2.75) is 29.8 Å². The number of amides is 1. The molecule has 0 fully saturated rings. The number of nitrogens with one attached hydrogen (secondary N) is 1. The van der Waals surface area contributed by atoms with Gasteiger partial charge in [0, 0.05) is 16.7 Å². The van der Waals surface area contributed by atoms with Crippen molar-refractivity contribution in [3.63, 3.8) is 0 Å². The molecule has 0 spiro atoms. The molecule has 0 saturated heterocycles. The molecular weight excluding hydrogens is 256 g/mol. The maximum absolute atomic E-state index is 12.2. The highest BCUT2D eigenvalue weighted by Crippen LogP contribution is 2.36. The van der Waals surface area contributed by atoms with Crippen LogP contribution < -0.4 is 11.1 Å². The molecule has 1 amide bonds. The maximum atomic E-state index is 12.2. The summed E-state index contributed by atoms with van der Waals surface area (Å²) in [4.78, 5) is 13.5. The molecule has 1 heterocycles. The summed E-state index contributed by atoms with van der Waals surface area (Å²) in [5, 5.41) is 3.18. The van der Waals surface area contributed by atoms with Gasteiger partial charge in [-0.2, -0.15) is 0 Å². The molecule has 1 aromatic rings. The second kappa shape index (κ2) is 5.39. The van der Waals surface area contributed by atoms with Gasteiger partial charge in [0.2, 0.25) is 5.91 Å². The van der Waals surface area contributed by atoms with Crippen LogP contribution in [0.1, 0.15) is 24.4 Å². The quantitative estimate of drug-likeness (QED) is 0.813. The molecule has 1 aromatic carbocycles. The fraction of sp³-hybridized carbons (Fsp3) is 0.400. The molecule has 2 aliphatic rings. The zero-order valence-electron chi connectivity index (χ0n) is 10.7. The average molecular weight is 274 g/mol. The third-order valence-corrected chi connectivity index (χ3v) is 4.85. The van der Waals surface area contributed by atoms with E-state index in [-0.39, 0.29) is 23.9 Å². The van der Waals surface area contributed by atoms with E-state index in [9.17, 15) is 4.79 Å². The van der Waals surface area contributed by atoms with Crippen molar-refractivity contribution < 1.29 is 4.79 Å². The SMILES string of the molecule is NC1C=CC(C(=O)NC2CCSc3ccccc32)C1. The maximum Gasteiger partial charge on any atom is 0.227 e. The van der Waals surface area contributed by atoms with Crippen LogP contribution >= 0.6 is 11.8 Å². The Morgan fingerprint density at radius 1 is 1.32 bits per heavy atom. The van der Waals surface area contributed by atoms with Gasteiger partial charge >= 0.3 is 0 Å². The Balaban J connectivity index is 1.71. The molecule has 1 aliphatic heterocycles. The van der Waals surface area contributed by atoms with E-state index in [2.05, 4.69) is 23.5 Å². The lowest BCUT2D eigenvalue weighted by molar-refractivity contribution is -0.124. The number of benzene rings is 1. The number of hydrogen-bond donors (Lipinski definition) is 2. The largest absolute Gasteiger partial charge is 0.349 e. The Morgan fingerprint density at radius 2 is 2.16 bits per heavy atom. The Bertz CT molecular complexity index is 515. The van der Waals surface area contributed by atoms with Crippen LogP contribution in [0.15, 0.2) is 41.3 Å². The molecule has 19 heavy (non-hydrogen) atoms. The number of rotatable bonds is 2. The number of thioether (sulfide) groups is 1. The van der Waals surface area contributed by atoms with Crippen LogP contribution in [0.25, 0.3) is 0 Å². The van der Waals surface area contributed by atoms with Crippen molar-refractivity contribution in [3.8, 4) is 0 Å². The third kappa shape index (κ3) is 2.69. The van der Waals surface area contributed by atoms with E-state index in [1.807, 2.05) is 30.0 Å². The monoisotopic (exact) mass is 274 g/mol. The molecule has 3 unspecified atom stereocenters. The minimum absolute atomic E-state index is 0.0324. The van der Waals surface area contributed by atoms with Gasteiger partial charge in [-0.3, -0.25) is 4.79 Å². The van der Waals surface area contributed by atoms with Crippen molar-refractivity contribution in [2.75, 3.05) is 5.75 Å². The highest BCUT2D eigenvalue weighted by Gasteiger charge is 2.27. The fourth-order valence-corrected chi connectivity index (χ4v) is 3.82. The minimum Gasteiger partial charge on any atom is -0.349 e. The van der Waals surface area contributed by atoms with Gasteiger partial charge in [-0.15, -0.1) is 11.8 Å². The third-order valence-electron chi connectivity index (χ3n) is 3.73. The molecule has 0 radical (unpaired) electrons. The van der Waals surface area contributed by atoms with Crippen molar-refractivity contribution >= 4 is 17.7 Å². The van der Waals surface area contributed by atoms with Gasteiger partial charge < -0.3 is 11.1 Å². The lowest BCUT2D eigenvalue weighted by atomic mass is 10.0. The molecule has 3 N–H and O–H groups in total. The minimum atomic E-state index is -0.0586. The summed E-state index contributed by atoms with van der Waals surface area (Å²) >= 11 is 1.87. The van der Waals surface area contributed by atoms with Crippen LogP contribution in [-0.2, 0) is 4.79 Å². The van der Waals surface area contributed by atoms with E-state index in [1.54, 1.807) is 0 Å². The van der Waals surface area contributed by atoms with E-state index in [0.717, 1.165) is 18.6 Å². The van der Waals surface area contributed by atoms with Crippen molar-refractivity contribution in [1.82, 2.24) is 5.32 Å². The topological polar surface area (TPSA) is 55.1 Å². The lowest BCUT2D eigenvalue weighted by Crippen LogP contribution is -2.35. The molecular formula is C15H18N2OS. The van der Waals surface area contributed by atoms with Crippen LogP contribution in [0.5, 0.6) is 0 Å². The first kappa shape index (κ1) is 12.8. The predicted octanol–water partition coefficient (Wildman–Crippen LogP) is 2.24. The van der Waals surface area contributed by atoms with Crippen LogP contribution in [0, 0.1) is 5.92 Å². The van der Waals surface area contributed by atoms with E-state index < -0.39 is 0 Å². The zero-order valence-corrected chi connectivity index (χ0v) is 11.5. The predicted molar refractivity (Wildman–Crippen MR) is 77.9 cm³/mol. The van der Waals surface area contributed by atoms with Crippen LogP contribution in [0.2, 0.25) is 0 Å². The second-order valence-corrected chi connectivity index (χ2v) is 6.26. The first-order valence-corrected chi connectivity index (χ1v) is 7.68. The van der Waals surface area contributed by atoms with Crippen molar-refractivity contribution in [1.29, 1.82) is 0 Å². The van der Waals surface area contributed by atoms with Gasteiger partial charge in [0.25, 0.3) is 0 Å². The number of carbonyl (C=O) groups is 1. The second-order valence-electron chi connectivity index (χ2n) is 5.13. The molecule has 0 saturated carbocycles. The number of carbonyl (C=O) groups excluding carboxylic acids is 1. The Labute approximate surface area is 117 Å². The van der Waals surface area contributed by atoms with Crippen molar-refractivity contribution in [3.05, 3.63) is 42.0 Å². The van der Waals surface area contributed by atoms with Gasteiger partial charge in [0.05, 0.1) is 12.0 Å². The first-order valence-electron chi connectivity index (χ1n) is 6.70. The van der Waals surface area contributed by atoms with E-state index >= 15 is 0 Å². The fourth-order valence-electron chi connectivity index (χ4n) is 2.69. The summed E-state index contributed by atoms with van der Waals surface area (Å²) in [7, 11) is 0. The highest BCUT2D eigenvalue weighted by atomic mass is 32.2. The molecule has 3 rings (SSSR count). The summed E-state index contributed by atoms with van der Waals surface area (Å²) in [6.07, 6.45) is 5.59. The van der Waals surface area contributed by atoms with Gasteiger partial charge in [0.15, 0.2) is 0 Å². The van der Waals surface area contributed by atoms with Crippen molar-refractivity contribution in [2.24, 2.45) is 11.7 Å². The van der Waals surface area contributed by atoms with Gasteiger partial charge in [0.1, 0.15) is 0 Å². The number of nitrogens with two attached hydrogens (primary N) is 1. The standard InChI is InChI=1S/C15H18N2OS/c16-11-6-5-10(9-11)15(18)17-13-7-8-19-14-4-2-1-3-12(13)14/h1-6,10-11,13H,7-9,16H2,(H,17,18). The van der Waals surface area contributed by atoms with Gasteiger partial charge in [-0.25, -0.2) is 0 Å². The summed E-state index contributed by atoms with van der Waals surface area (Å²) in [6.45, 7) is 0. The molecule has 4 heteroatoms. The van der Waals surface area contributed by atoms with E-state index in [0.29, 0.717) is 0 Å². The lowest BCUT2D eigenvalue weighted by Gasteiger charge is -2.26. The summed E-state index contributed by atoms with van der Waals surface area (Å²) in [6, 6.07) is 8.51. The summed E-state index contributed by atoms with van der Waals surface area (Å²) < 4.78 is 0. The van der Waals surface area contributed by atoms with Gasteiger partial charge in [-0.05, 0) is 24.5 Å².